The Kier molecular flexibility index (Phi) is 7.46. The van der Waals surface area contributed by atoms with E-state index in [9.17, 15) is 14.7 Å². The van der Waals surface area contributed by atoms with Gasteiger partial charge < -0.3 is 9.84 Å². The molecule has 1 atom stereocenters. The van der Waals surface area contributed by atoms with E-state index in [-0.39, 0.29) is 22.6 Å². The minimum absolute atomic E-state index is 0.0350. The Labute approximate surface area is 152 Å². The van der Waals surface area contributed by atoms with Crippen LogP contribution in [0.5, 0.6) is 0 Å². The fourth-order valence-corrected chi connectivity index (χ4v) is 3.11. The molecule has 1 aromatic carbocycles. The van der Waals surface area contributed by atoms with Crippen LogP contribution in [0.4, 0.5) is 0 Å². The Morgan fingerprint density at radius 3 is 2.29 bits per heavy atom. The molecular weight excluding hydrogens is 372 g/mol. The second-order valence-corrected chi connectivity index (χ2v) is 7.90. The summed E-state index contributed by atoms with van der Waals surface area (Å²) in [5.74, 6) is -1.70. The molecule has 0 bridgehead atoms. The van der Waals surface area contributed by atoms with Crippen molar-refractivity contribution in [3.63, 3.8) is 0 Å². The standard InChI is InChI=1S/C19H27BrO4/c1-6-8-9-16(19(3,4)5)24-18(23)14-10-12(7-2)15(20)11-13(14)17(21)22/h10-11,16H,6-9H2,1-5H3,(H,21,22). The van der Waals surface area contributed by atoms with E-state index >= 15 is 0 Å². The molecule has 1 aromatic rings. The number of aromatic carboxylic acids is 1. The maximum Gasteiger partial charge on any atom is 0.339 e. The number of carbonyl (C=O) groups is 2. The number of unbranched alkanes of at least 4 members (excludes halogenated alkanes) is 1. The van der Waals surface area contributed by atoms with Gasteiger partial charge in [-0.1, -0.05) is 63.4 Å². The molecule has 0 aliphatic rings. The maximum absolute atomic E-state index is 12.7. The van der Waals surface area contributed by atoms with Crippen LogP contribution in [-0.2, 0) is 11.2 Å². The minimum atomic E-state index is -1.13. The molecule has 0 fully saturated rings. The van der Waals surface area contributed by atoms with E-state index in [1.807, 2.05) is 27.7 Å². The molecule has 0 aliphatic heterocycles. The Hall–Kier alpha value is -1.36. The third kappa shape index (κ3) is 5.33. The van der Waals surface area contributed by atoms with Crippen LogP contribution in [0.2, 0.25) is 0 Å². The second-order valence-electron chi connectivity index (χ2n) is 7.05. The average molecular weight is 399 g/mol. The van der Waals surface area contributed by atoms with Crippen molar-refractivity contribution < 1.29 is 19.4 Å². The van der Waals surface area contributed by atoms with Crippen LogP contribution in [0.1, 0.15) is 80.2 Å². The lowest BCUT2D eigenvalue weighted by atomic mass is 9.86. The lowest BCUT2D eigenvalue weighted by Crippen LogP contribution is -2.32. The lowest BCUT2D eigenvalue weighted by molar-refractivity contribution is -0.00697. The smallest absolute Gasteiger partial charge is 0.339 e. The number of halogens is 1. The largest absolute Gasteiger partial charge is 0.478 e. The van der Waals surface area contributed by atoms with E-state index in [4.69, 9.17) is 4.74 Å². The van der Waals surface area contributed by atoms with E-state index in [1.165, 1.54) is 6.07 Å². The number of carboxylic acid groups (broad SMARTS) is 1. The monoisotopic (exact) mass is 398 g/mol. The quantitative estimate of drug-likeness (QED) is 0.618. The van der Waals surface area contributed by atoms with Crippen LogP contribution in [0.3, 0.4) is 0 Å². The third-order valence-corrected chi connectivity index (χ3v) is 4.79. The molecule has 0 spiro atoms. The van der Waals surface area contributed by atoms with Gasteiger partial charge in [-0.3, -0.25) is 0 Å². The molecule has 0 saturated carbocycles. The average Bonchev–Trinajstić information content (AvgIpc) is 2.49. The molecule has 0 amide bonds. The molecular formula is C19H27BrO4. The van der Waals surface area contributed by atoms with Gasteiger partial charge in [-0.2, -0.15) is 0 Å². The predicted octanol–water partition coefficient (Wildman–Crippen LogP) is 5.47. The summed E-state index contributed by atoms with van der Waals surface area (Å²) >= 11 is 3.36. The van der Waals surface area contributed by atoms with Crippen molar-refractivity contribution in [2.75, 3.05) is 0 Å². The number of benzene rings is 1. The molecule has 0 aliphatic carbocycles. The fourth-order valence-electron chi connectivity index (χ4n) is 2.49. The number of hydrogen-bond donors (Lipinski definition) is 1. The van der Waals surface area contributed by atoms with Gasteiger partial charge in [0.25, 0.3) is 0 Å². The molecule has 24 heavy (non-hydrogen) atoms. The summed E-state index contributed by atoms with van der Waals surface area (Å²) in [6.45, 7) is 10.1. The van der Waals surface area contributed by atoms with Crippen molar-refractivity contribution in [2.24, 2.45) is 5.41 Å². The van der Waals surface area contributed by atoms with Crippen LogP contribution in [-0.4, -0.2) is 23.1 Å². The normalized spacial score (nSPS) is 12.8. The SMILES string of the molecule is CCCCC(OC(=O)c1cc(CC)c(Br)cc1C(=O)O)C(C)(C)C. The predicted molar refractivity (Wildman–Crippen MR) is 98.7 cm³/mol. The molecule has 134 valence electrons. The summed E-state index contributed by atoms with van der Waals surface area (Å²) in [5, 5.41) is 9.41. The van der Waals surface area contributed by atoms with E-state index in [0.717, 1.165) is 24.8 Å². The summed E-state index contributed by atoms with van der Waals surface area (Å²) in [6, 6.07) is 3.10. The Balaban J connectivity index is 3.18. The number of rotatable bonds is 7. The van der Waals surface area contributed by atoms with E-state index in [0.29, 0.717) is 10.9 Å². The molecule has 1 unspecified atom stereocenters. The highest BCUT2D eigenvalue weighted by molar-refractivity contribution is 9.10. The molecule has 5 heteroatoms. The first-order chi connectivity index (χ1) is 11.1. The third-order valence-electron chi connectivity index (χ3n) is 4.05. The van der Waals surface area contributed by atoms with Gasteiger partial charge in [0.15, 0.2) is 0 Å². The number of esters is 1. The second kappa shape index (κ2) is 8.65. The zero-order chi connectivity index (χ0) is 18.5. The molecule has 0 heterocycles. The summed E-state index contributed by atoms with van der Waals surface area (Å²) in [6.07, 6.45) is 3.19. The number of ether oxygens (including phenoxy) is 1. The van der Waals surface area contributed by atoms with Gasteiger partial charge in [-0.25, -0.2) is 9.59 Å². The number of hydrogen-bond acceptors (Lipinski definition) is 3. The molecule has 0 aromatic heterocycles. The highest BCUT2D eigenvalue weighted by Gasteiger charge is 2.30. The van der Waals surface area contributed by atoms with Crippen LogP contribution in [0, 0.1) is 5.41 Å². The molecule has 4 nitrogen and oxygen atoms in total. The molecule has 1 rings (SSSR count). The zero-order valence-electron chi connectivity index (χ0n) is 15.1. The minimum Gasteiger partial charge on any atom is -0.478 e. The highest BCUT2D eigenvalue weighted by atomic mass is 79.9. The van der Waals surface area contributed by atoms with E-state index in [1.54, 1.807) is 6.07 Å². The fraction of sp³-hybridized carbons (Fsp3) is 0.579. The first-order valence-electron chi connectivity index (χ1n) is 8.38. The van der Waals surface area contributed by atoms with Crippen molar-refractivity contribution in [2.45, 2.75) is 66.4 Å². The Bertz CT molecular complexity index is 602. The number of aryl methyl sites for hydroxylation is 1. The van der Waals surface area contributed by atoms with Gasteiger partial charge in [-0.15, -0.1) is 0 Å². The Morgan fingerprint density at radius 1 is 1.21 bits per heavy atom. The number of carboxylic acids is 1. The van der Waals surface area contributed by atoms with Crippen molar-refractivity contribution >= 4 is 27.9 Å². The molecule has 1 N–H and O–H groups in total. The Morgan fingerprint density at radius 2 is 1.83 bits per heavy atom. The van der Waals surface area contributed by atoms with Gasteiger partial charge in [0.1, 0.15) is 6.10 Å². The first kappa shape index (κ1) is 20.7. The van der Waals surface area contributed by atoms with Crippen LogP contribution < -0.4 is 0 Å². The van der Waals surface area contributed by atoms with Crippen molar-refractivity contribution in [1.29, 1.82) is 0 Å². The van der Waals surface area contributed by atoms with Gasteiger partial charge in [0.2, 0.25) is 0 Å². The summed E-state index contributed by atoms with van der Waals surface area (Å²) in [5.41, 5.74) is 0.769. The summed E-state index contributed by atoms with van der Waals surface area (Å²) in [7, 11) is 0. The topological polar surface area (TPSA) is 63.6 Å². The lowest BCUT2D eigenvalue weighted by Gasteiger charge is -2.30. The van der Waals surface area contributed by atoms with Crippen LogP contribution in [0.15, 0.2) is 16.6 Å². The molecule has 0 radical (unpaired) electrons. The maximum atomic E-state index is 12.7. The van der Waals surface area contributed by atoms with E-state index in [2.05, 4.69) is 22.9 Å². The summed E-state index contributed by atoms with van der Waals surface area (Å²) in [4.78, 5) is 24.2. The van der Waals surface area contributed by atoms with Crippen molar-refractivity contribution in [3.05, 3.63) is 33.3 Å². The van der Waals surface area contributed by atoms with Gasteiger partial charge in [0, 0.05) is 4.47 Å². The van der Waals surface area contributed by atoms with Crippen LogP contribution in [0.25, 0.3) is 0 Å². The van der Waals surface area contributed by atoms with Crippen molar-refractivity contribution in [3.8, 4) is 0 Å². The van der Waals surface area contributed by atoms with Gasteiger partial charge >= 0.3 is 11.9 Å². The highest BCUT2D eigenvalue weighted by Crippen LogP contribution is 2.29. The van der Waals surface area contributed by atoms with Gasteiger partial charge in [-0.05, 0) is 36.0 Å². The van der Waals surface area contributed by atoms with Crippen LogP contribution >= 0.6 is 15.9 Å². The first-order valence-corrected chi connectivity index (χ1v) is 9.17. The zero-order valence-corrected chi connectivity index (χ0v) is 16.7. The van der Waals surface area contributed by atoms with Gasteiger partial charge in [0.05, 0.1) is 11.1 Å². The summed E-state index contributed by atoms with van der Waals surface area (Å²) < 4.78 is 6.41. The molecule has 0 saturated heterocycles. The van der Waals surface area contributed by atoms with E-state index < -0.39 is 11.9 Å². The van der Waals surface area contributed by atoms with Crippen molar-refractivity contribution in [1.82, 2.24) is 0 Å². The number of carbonyl (C=O) groups excluding carboxylic acids is 1.